The van der Waals surface area contributed by atoms with Crippen LogP contribution in [0.4, 0.5) is 0 Å². The molecule has 0 saturated heterocycles. The zero-order valence-corrected chi connectivity index (χ0v) is 8.37. The van der Waals surface area contributed by atoms with E-state index in [0.29, 0.717) is 0 Å². The highest BCUT2D eigenvalue weighted by Crippen LogP contribution is 2.29. The van der Waals surface area contributed by atoms with Gasteiger partial charge in [0.05, 0.1) is 5.41 Å². The largest absolute Gasteiger partial charge is 0.332 e. The summed E-state index contributed by atoms with van der Waals surface area (Å²) >= 11 is 0. The van der Waals surface area contributed by atoms with Gasteiger partial charge in [0.25, 0.3) is 0 Å². The fourth-order valence-electron chi connectivity index (χ4n) is 1.72. The number of fused-ring (bicyclic) bond motifs is 1. The van der Waals surface area contributed by atoms with Crippen LogP contribution in [-0.2, 0) is 10.2 Å². The first-order chi connectivity index (χ1) is 6.62. The smallest absolute Gasteiger partial charge is 0.234 e. The molecule has 0 radical (unpaired) electrons. The molecular weight excluding hydrogens is 174 g/mol. The van der Waals surface area contributed by atoms with Crippen LogP contribution in [0.2, 0.25) is 0 Å². The summed E-state index contributed by atoms with van der Waals surface area (Å²) in [6, 6.07) is 7.97. The number of carbonyl (C=O) groups is 1. The van der Waals surface area contributed by atoms with Gasteiger partial charge in [-0.1, -0.05) is 24.3 Å². The van der Waals surface area contributed by atoms with E-state index in [9.17, 15) is 4.79 Å². The van der Waals surface area contributed by atoms with Gasteiger partial charge in [-0.05, 0) is 31.1 Å². The van der Waals surface area contributed by atoms with Gasteiger partial charge in [-0.15, -0.1) is 0 Å². The van der Waals surface area contributed by atoms with Crippen LogP contribution in [0.1, 0.15) is 25.0 Å². The zero-order valence-electron chi connectivity index (χ0n) is 8.37. The Kier molecular flexibility index (Phi) is 1.92. The predicted molar refractivity (Wildman–Crippen MR) is 56.6 cm³/mol. The van der Waals surface area contributed by atoms with Crippen molar-refractivity contribution in [3.8, 4) is 0 Å². The molecule has 0 bridgehead atoms. The molecule has 0 aromatic heterocycles. The van der Waals surface area contributed by atoms with Gasteiger partial charge in [0, 0.05) is 6.20 Å². The number of amides is 1. The number of carbonyl (C=O) groups excluding carboxylic acids is 1. The van der Waals surface area contributed by atoms with Crippen molar-refractivity contribution < 1.29 is 4.79 Å². The first kappa shape index (κ1) is 9.00. The maximum Gasteiger partial charge on any atom is 0.234 e. The average Bonchev–Trinajstić information content (AvgIpc) is 2.27. The van der Waals surface area contributed by atoms with E-state index < -0.39 is 5.41 Å². The van der Waals surface area contributed by atoms with Crippen molar-refractivity contribution in [2.75, 3.05) is 0 Å². The Bertz CT molecular complexity index is 405. The summed E-state index contributed by atoms with van der Waals surface area (Å²) in [7, 11) is 0. The molecule has 1 heterocycles. The van der Waals surface area contributed by atoms with Crippen molar-refractivity contribution in [2.24, 2.45) is 0 Å². The van der Waals surface area contributed by atoms with Gasteiger partial charge in [-0.2, -0.15) is 0 Å². The number of nitrogens with one attached hydrogen (secondary N) is 1. The van der Waals surface area contributed by atoms with E-state index in [1.807, 2.05) is 44.2 Å². The van der Waals surface area contributed by atoms with E-state index in [1.54, 1.807) is 6.20 Å². The van der Waals surface area contributed by atoms with Crippen molar-refractivity contribution in [2.45, 2.75) is 19.3 Å². The van der Waals surface area contributed by atoms with Gasteiger partial charge in [0.1, 0.15) is 0 Å². The summed E-state index contributed by atoms with van der Waals surface area (Å²) in [5.74, 6) is 0.0405. The van der Waals surface area contributed by atoms with Crippen LogP contribution < -0.4 is 5.32 Å². The molecule has 0 spiro atoms. The van der Waals surface area contributed by atoms with Gasteiger partial charge in [-0.25, -0.2) is 0 Å². The molecule has 2 nitrogen and oxygen atoms in total. The summed E-state index contributed by atoms with van der Waals surface area (Å²) in [5, 5.41) is 2.76. The Morgan fingerprint density at radius 2 is 1.93 bits per heavy atom. The van der Waals surface area contributed by atoms with E-state index >= 15 is 0 Å². The molecule has 1 N–H and O–H groups in total. The molecule has 2 heteroatoms. The van der Waals surface area contributed by atoms with Crippen molar-refractivity contribution in [1.82, 2.24) is 5.32 Å². The molecule has 1 amide bonds. The lowest BCUT2D eigenvalue weighted by Gasteiger charge is -2.23. The quantitative estimate of drug-likeness (QED) is 0.661. The number of hydrogen-bond acceptors (Lipinski definition) is 1. The minimum absolute atomic E-state index is 0.0405. The molecule has 0 aliphatic carbocycles. The van der Waals surface area contributed by atoms with Crippen LogP contribution in [0.25, 0.3) is 6.08 Å². The lowest BCUT2D eigenvalue weighted by atomic mass is 9.81. The molecule has 1 aromatic rings. The molecule has 2 rings (SSSR count). The molecule has 14 heavy (non-hydrogen) atoms. The highest BCUT2D eigenvalue weighted by molar-refractivity contribution is 5.91. The second-order valence-electron chi connectivity index (χ2n) is 4.02. The minimum Gasteiger partial charge on any atom is -0.332 e. The van der Waals surface area contributed by atoms with Crippen molar-refractivity contribution in [3.05, 3.63) is 41.6 Å². The molecular formula is C12H13NO. The minimum atomic E-state index is -0.458. The average molecular weight is 187 g/mol. The van der Waals surface area contributed by atoms with Gasteiger partial charge < -0.3 is 5.32 Å². The third-order valence-electron chi connectivity index (χ3n) is 2.68. The first-order valence-corrected chi connectivity index (χ1v) is 4.69. The second-order valence-corrected chi connectivity index (χ2v) is 4.02. The van der Waals surface area contributed by atoms with Crippen LogP contribution in [-0.4, -0.2) is 5.91 Å². The molecule has 0 atom stereocenters. The highest BCUT2D eigenvalue weighted by atomic mass is 16.2. The van der Waals surface area contributed by atoms with E-state index in [1.165, 1.54) is 0 Å². The molecule has 72 valence electrons. The SMILES string of the molecule is CC1(C)C(=O)NC=Cc2ccccc21. The number of rotatable bonds is 0. The van der Waals surface area contributed by atoms with E-state index in [0.717, 1.165) is 11.1 Å². The molecule has 0 fully saturated rings. The Hall–Kier alpha value is -1.57. The Balaban J connectivity index is 2.64. The van der Waals surface area contributed by atoms with Gasteiger partial charge >= 0.3 is 0 Å². The summed E-state index contributed by atoms with van der Waals surface area (Å²) < 4.78 is 0. The van der Waals surface area contributed by atoms with Crippen molar-refractivity contribution in [3.63, 3.8) is 0 Å². The first-order valence-electron chi connectivity index (χ1n) is 4.69. The molecule has 1 aliphatic rings. The normalized spacial score (nSPS) is 18.3. The highest BCUT2D eigenvalue weighted by Gasteiger charge is 2.31. The van der Waals surface area contributed by atoms with E-state index in [4.69, 9.17) is 0 Å². The topological polar surface area (TPSA) is 29.1 Å². The molecule has 0 unspecified atom stereocenters. The van der Waals surface area contributed by atoms with Gasteiger partial charge in [0.15, 0.2) is 0 Å². The summed E-state index contributed by atoms with van der Waals surface area (Å²) in [4.78, 5) is 11.7. The fraction of sp³-hybridized carbons (Fsp3) is 0.250. The Morgan fingerprint density at radius 3 is 2.71 bits per heavy atom. The Morgan fingerprint density at radius 1 is 1.21 bits per heavy atom. The zero-order chi connectivity index (χ0) is 10.2. The van der Waals surface area contributed by atoms with Crippen LogP contribution in [0, 0.1) is 0 Å². The maximum absolute atomic E-state index is 11.7. The van der Waals surface area contributed by atoms with E-state index in [-0.39, 0.29) is 5.91 Å². The summed E-state index contributed by atoms with van der Waals surface area (Å²) in [5.41, 5.74) is 1.72. The number of benzene rings is 1. The maximum atomic E-state index is 11.7. The lowest BCUT2D eigenvalue weighted by molar-refractivity contribution is -0.124. The number of hydrogen-bond donors (Lipinski definition) is 1. The fourth-order valence-corrected chi connectivity index (χ4v) is 1.72. The summed E-state index contributed by atoms with van der Waals surface area (Å²) in [6.45, 7) is 3.88. The van der Waals surface area contributed by atoms with Crippen molar-refractivity contribution in [1.29, 1.82) is 0 Å². The monoisotopic (exact) mass is 187 g/mol. The predicted octanol–water partition coefficient (Wildman–Crippen LogP) is 2.06. The van der Waals surface area contributed by atoms with Crippen LogP contribution in [0.15, 0.2) is 30.5 Å². The van der Waals surface area contributed by atoms with Gasteiger partial charge in [-0.3, -0.25) is 4.79 Å². The third kappa shape index (κ3) is 1.23. The van der Waals surface area contributed by atoms with Gasteiger partial charge in [0.2, 0.25) is 5.91 Å². The van der Waals surface area contributed by atoms with Crippen LogP contribution >= 0.6 is 0 Å². The second kappa shape index (κ2) is 2.98. The lowest BCUT2D eigenvalue weighted by Crippen LogP contribution is -2.36. The summed E-state index contributed by atoms with van der Waals surface area (Å²) in [6.07, 6.45) is 3.64. The molecule has 1 aliphatic heterocycles. The Labute approximate surface area is 83.6 Å². The third-order valence-corrected chi connectivity index (χ3v) is 2.68. The van der Waals surface area contributed by atoms with Crippen molar-refractivity contribution >= 4 is 12.0 Å². The van der Waals surface area contributed by atoms with Crippen LogP contribution in [0.5, 0.6) is 0 Å². The van der Waals surface area contributed by atoms with E-state index in [2.05, 4.69) is 5.32 Å². The van der Waals surface area contributed by atoms with Crippen LogP contribution in [0.3, 0.4) is 0 Å². The molecule has 0 saturated carbocycles. The molecule has 1 aromatic carbocycles. The standard InChI is InChI=1S/C12H13NO/c1-12(2)10-6-4-3-5-9(10)7-8-13-11(12)14/h3-8H,1-2H3,(H,13,14).